The van der Waals surface area contributed by atoms with Gasteiger partial charge in [0.25, 0.3) is 5.97 Å². The molecule has 44 heavy (non-hydrogen) atoms. The lowest BCUT2D eigenvalue weighted by Crippen LogP contribution is -2.31. The van der Waals surface area contributed by atoms with Crippen LogP contribution in [0.5, 0.6) is 0 Å². The maximum atomic E-state index is 14.5. The van der Waals surface area contributed by atoms with Crippen molar-refractivity contribution in [3.05, 3.63) is 30.3 Å². The summed E-state index contributed by atoms with van der Waals surface area (Å²) in [6.07, 6.45) is 0.616. The summed E-state index contributed by atoms with van der Waals surface area (Å²) in [4.78, 5) is 13.1. The van der Waals surface area contributed by atoms with Crippen molar-refractivity contribution in [3.63, 3.8) is 0 Å². The smallest absolute Gasteiger partial charge is 0.572 e. The van der Waals surface area contributed by atoms with Gasteiger partial charge in [0, 0.05) is 60.8 Å². The van der Waals surface area contributed by atoms with Gasteiger partial charge in [-0.2, -0.15) is 0 Å². The zero-order chi connectivity index (χ0) is 33.7. The summed E-state index contributed by atoms with van der Waals surface area (Å²) < 4.78 is 102. The normalized spacial score (nSPS) is 14.2. The number of hydrogen-bond acceptors (Lipinski definition) is 12. The summed E-state index contributed by atoms with van der Waals surface area (Å²) in [6.45, 7) is 13.5. The Morgan fingerprint density at radius 3 is 1.23 bits per heavy atom. The molecule has 0 N–H and O–H groups in total. The maximum absolute atomic E-state index is 14.5. The van der Waals surface area contributed by atoms with Gasteiger partial charge in [0.1, 0.15) is 0 Å². The summed E-state index contributed by atoms with van der Waals surface area (Å²) in [7, 11) is -16.8. The number of rotatable bonds is 23. The van der Waals surface area contributed by atoms with Crippen LogP contribution in [0.1, 0.15) is 61.8 Å². The van der Waals surface area contributed by atoms with E-state index in [4.69, 9.17) is 21.7 Å². The molecule has 1 aromatic rings. The van der Waals surface area contributed by atoms with E-state index in [1.165, 1.54) is 0 Å². The highest BCUT2D eigenvalue weighted by molar-refractivity contribution is 7.68. The first-order valence-corrected chi connectivity index (χ1v) is 27.8. The Morgan fingerprint density at radius 1 is 0.545 bits per heavy atom. The van der Waals surface area contributed by atoms with E-state index in [1.807, 2.05) is 0 Å². The van der Waals surface area contributed by atoms with Gasteiger partial charge in [-0.3, -0.25) is 27.6 Å². The second kappa shape index (κ2) is 19.6. The van der Waals surface area contributed by atoms with Crippen LogP contribution in [0.2, 0.25) is 0 Å². The van der Waals surface area contributed by atoms with Gasteiger partial charge < -0.3 is 21.7 Å². The van der Waals surface area contributed by atoms with Gasteiger partial charge in [-0.15, -0.1) is 0 Å². The summed E-state index contributed by atoms with van der Waals surface area (Å²) in [5.41, 5.74) is 0. The molecular weight excluding hydrogens is 701 g/mol. The molecule has 0 aliphatic carbocycles. The zero-order valence-electron chi connectivity index (χ0n) is 27.2. The molecule has 0 aliphatic rings. The molecule has 1 rings (SSSR count). The Bertz CT molecular complexity index is 1190. The molecule has 1 unspecified atom stereocenters. The molecule has 0 aliphatic heterocycles. The predicted octanol–water partition coefficient (Wildman–Crippen LogP) is 7.85. The second-order valence-corrected chi connectivity index (χ2v) is 29.4. The average molecular weight is 750 g/mol. The molecule has 0 bridgehead atoms. The van der Waals surface area contributed by atoms with Crippen molar-refractivity contribution < 1.29 is 49.3 Å². The first-order chi connectivity index (χ1) is 20.6. The minimum Gasteiger partial charge on any atom is -0.572 e. The minimum atomic E-state index is -3.95. The molecular formula is C25H49Al2O12P5. The SMILES string of the molecule is CCP(=O)(CC)[O][Al]([O]C(=O)CCP(=O)([O][Al]([O]P(=O)(CC)CC)[O]P(=O)(CC)CC)c1ccccc1)[O]P(=O)(CC)CC. The van der Waals surface area contributed by atoms with E-state index < -0.39 is 79.5 Å². The second-order valence-electron chi connectivity index (χ2n) is 9.86. The van der Waals surface area contributed by atoms with Crippen molar-refractivity contribution in [1.29, 1.82) is 0 Å². The predicted molar refractivity (Wildman–Crippen MR) is 181 cm³/mol. The van der Waals surface area contributed by atoms with Gasteiger partial charge in [0.05, 0.1) is 6.42 Å². The van der Waals surface area contributed by atoms with Gasteiger partial charge in [-0.25, -0.2) is 0 Å². The van der Waals surface area contributed by atoms with E-state index in [-0.39, 0.29) is 60.8 Å². The zero-order valence-corrected chi connectivity index (χ0v) is 34.0. The van der Waals surface area contributed by atoms with Crippen LogP contribution in [0.4, 0.5) is 0 Å². The number of carbonyl (C=O) groups is 1. The molecule has 0 heterocycles. The van der Waals surface area contributed by atoms with Gasteiger partial charge in [0.15, 0.2) is 29.5 Å². The third kappa shape index (κ3) is 13.7. The summed E-state index contributed by atoms with van der Waals surface area (Å²) in [5, 5.41) is 0.257. The van der Waals surface area contributed by atoms with Gasteiger partial charge >= 0.3 is 30.3 Å². The van der Waals surface area contributed by atoms with Crippen LogP contribution in [0, 0.1) is 0 Å². The van der Waals surface area contributed by atoms with Crippen molar-refractivity contribution in [2.75, 3.05) is 55.5 Å². The van der Waals surface area contributed by atoms with Crippen molar-refractivity contribution in [1.82, 2.24) is 0 Å². The Labute approximate surface area is 274 Å². The van der Waals surface area contributed by atoms with Crippen molar-refractivity contribution in [3.8, 4) is 0 Å². The van der Waals surface area contributed by atoms with Crippen molar-refractivity contribution >= 4 is 78.4 Å². The Morgan fingerprint density at radius 2 is 0.886 bits per heavy atom. The summed E-state index contributed by atoms with van der Waals surface area (Å²) in [6, 6.07) is 8.16. The lowest BCUT2D eigenvalue weighted by molar-refractivity contribution is -0.136. The quantitative estimate of drug-likeness (QED) is 0.0789. The first-order valence-electron chi connectivity index (χ1n) is 15.1. The van der Waals surface area contributed by atoms with E-state index in [2.05, 4.69) is 0 Å². The van der Waals surface area contributed by atoms with E-state index >= 15 is 0 Å². The molecule has 19 heteroatoms. The van der Waals surface area contributed by atoms with E-state index in [0.29, 0.717) is 0 Å². The Balaban J connectivity index is 3.39. The highest BCUT2D eigenvalue weighted by Gasteiger charge is 2.50. The van der Waals surface area contributed by atoms with E-state index in [1.54, 1.807) is 85.7 Å². The largest absolute Gasteiger partial charge is 1.01 e. The van der Waals surface area contributed by atoms with Crippen LogP contribution in [0.15, 0.2) is 30.3 Å². The molecule has 252 valence electrons. The molecule has 0 saturated carbocycles. The Hall–Kier alpha value is 0.705. The van der Waals surface area contributed by atoms with Crippen LogP contribution < -0.4 is 5.30 Å². The fourth-order valence-electron chi connectivity index (χ4n) is 3.68. The molecule has 0 radical (unpaired) electrons. The van der Waals surface area contributed by atoms with Gasteiger partial charge in [-0.05, 0) is 12.1 Å². The maximum Gasteiger partial charge on any atom is 1.01 e. The third-order valence-corrected chi connectivity index (χ3v) is 28.2. The average Bonchev–Trinajstić information content (AvgIpc) is 3.03. The third-order valence-electron chi connectivity index (χ3n) is 7.21. The molecule has 0 fully saturated rings. The highest BCUT2D eigenvalue weighted by Crippen LogP contribution is 2.56. The van der Waals surface area contributed by atoms with Crippen LogP contribution in [-0.2, 0) is 49.3 Å². The van der Waals surface area contributed by atoms with Crippen LogP contribution in [0.25, 0.3) is 0 Å². The Kier molecular flexibility index (Phi) is 19.1. The summed E-state index contributed by atoms with van der Waals surface area (Å²) >= 11 is -7.07. The fraction of sp³-hybridized carbons (Fsp3) is 0.720. The van der Waals surface area contributed by atoms with Gasteiger partial charge in [-0.1, -0.05) is 73.6 Å². The van der Waals surface area contributed by atoms with E-state index in [9.17, 15) is 27.6 Å². The first kappa shape index (κ1) is 42.7. The van der Waals surface area contributed by atoms with Crippen molar-refractivity contribution in [2.45, 2.75) is 61.8 Å². The van der Waals surface area contributed by atoms with Crippen molar-refractivity contribution in [2.24, 2.45) is 0 Å². The van der Waals surface area contributed by atoms with Gasteiger partial charge in [0.2, 0.25) is 7.37 Å². The summed E-state index contributed by atoms with van der Waals surface area (Å²) in [5.74, 6) is -0.862. The minimum absolute atomic E-state index is 0.176. The molecule has 1 atom stereocenters. The fourth-order valence-corrected chi connectivity index (χ4v) is 21.3. The highest BCUT2D eigenvalue weighted by atomic mass is 31.2. The number of hydrogen-bond donors (Lipinski definition) is 0. The molecule has 1 aromatic carbocycles. The number of carbonyl (C=O) groups excluding carboxylic acids is 1. The van der Waals surface area contributed by atoms with Crippen LogP contribution in [0.3, 0.4) is 0 Å². The molecule has 0 saturated heterocycles. The molecule has 0 aromatic heterocycles. The lowest BCUT2D eigenvalue weighted by atomic mass is 10.4. The van der Waals surface area contributed by atoms with Crippen LogP contribution >= 0.6 is 36.8 Å². The standard InChI is InChI=1S/C9H11O4P.4C4H11O2P.2Al/c10-9(11)6-7-14(12,13)8-4-2-1-3-5-8;4*1-3-7(5,6)4-2;;/h1-5H,6-7H2,(H,10,11)(H,12,13);4*3-4H2,1-2H3,(H,5,6);;/q;;;;;2*+3/p-6. The monoisotopic (exact) mass is 750 g/mol. The molecule has 12 nitrogen and oxygen atoms in total. The lowest BCUT2D eigenvalue weighted by Gasteiger charge is -2.28. The molecule has 0 amide bonds. The van der Waals surface area contributed by atoms with Crippen LogP contribution in [-0.4, -0.2) is 91.7 Å². The van der Waals surface area contributed by atoms with E-state index in [0.717, 1.165) is 0 Å². The topological polar surface area (TPSA) is 158 Å². The number of benzene rings is 1. The molecule has 0 spiro atoms.